The molecule has 94 valence electrons. The maximum Gasteiger partial charge on any atom is 0.0583 e. The Morgan fingerprint density at radius 1 is 1.22 bits per heavy atom. The third-order valence-corrected chi connectivity index (χ3v) is 3.88. The minimum atomic E-state index is 0.546. The molecule has 2 heteroatoms. The zero-order valence-electron chi connectivity index (χ0n) is 10.7. The summed E-state index contributed by atoms with van der Waals surface area (Å²) in [6.07, 6.45) is 10.2. The Morgan fingerprint density at radius 2 is 2.11 bits per heavy atom. The van der Waals surface area contributed by atoms with Crippen molar-refractivity contribution in [1.82, 2.24) is 0 Å². The van der Waals surface area contributed by atoms with Crippen LogP contribution in [-0.4, -0.2) is 19.1 Å². The Morgan fingerprint density at radius 3 is 3.00 bits per heavy atom. The van der Waals surface area contributed by atoms with Crippen LogP contribution in [-0.2, 0) is 0 Å². The van der Waals surface area contributed by atoms with Crippen LogP contribution in [0.4, 0.5) is 5.69 Å². The van der Waals surface area contributed by atoms with E-state index < -0.39 is 0 Å². The lowest BCUT2D eigenvalue weighted by Crippen LogP contribution is -2.32. The summed E-state index contributed by atoms with van der Waals surface area (Å²) in [5.41, 5.74) is 9.90. The van der Waals surface area contributed by atoms with E-state index in [1.807, 2.05) is 0 Å². The summed E-state index contributed by atoms with van der Waals surface area (Å²) in [5.74, 6) is 0. The first kappa shape index (κ1) is 11.5. The molecule has 0 aromatic heterocycles. The number of allylic oxidation sites excluding steroid dienone is 2. The number of rotatable bonds is 4. The van der Waals surface area contributed by atoms with Crippen LogP contribution in [0.2, 0.25) is 0 Å². The second kappa shape index (κ2) is 4.99. The highest BCUT2D eigenvalue weighted by molar-refractivity contribution is 5.89. The summed E-state index contributed by atoms with van der Waals surface area (Å²) in [6.45, 7) is 1.91. The number of nitrogens with two attached hydrogens (primary N) is 1. The molecule has 0 saturated heterocycles. The van der Waals surface area contributed by atoms with Gasteiger partial charge in [0.2, 0.25) is 0 Å². The first-order valence-electron chi connectivity index (χ1n) is 6.84. The van der Waals surface area contributed by atoms with Gasteiger partial charge in [-0.15, -0.1) is 0 Å². The molecule has 0 spiro atoms. The molecule has 2 aliphatic rings. The van der Waals surface area contributed by atoms with Crippen molar-refractivity contribution in [3.05, 3.63) is 48.1 Å². The van der Waals surface area contributed by atoms with Crippen molar-refractivity contribution in [2.75, 3.05) is 18.0 Å². The summed E-state index contributed by atoms with van der Waals surface area (Å²) < 4.78 is 0. The van der Waals surface area contributed by atoms with Gasteiger partial charge < -0.3 is 10.6 Å². The minimum Gasteiger partial charge on any atom is -0.364 e. The number of benzene rings is 1. The van der Waals surface area contributed by atoms with E-state index in [1.165, 1.54) is 23.2 Å². The number of anilines is 1. The Kier molecular flexibility index (Phi) is 3.20. The standard InChI is InChI=1S/C16H20N2/c17-11-5-6-12-18-15-9-3-1-7-13(15)14-8-2-4-10-16(14)18/h1-4,7-9,16H,5-6,10-12,17H2. The first-order chi connectivity index (χ1) is 8.92. The van der Waals surface area contributed by atoms with Gasteiger partial charge in [0.15, 0.2) is 0 Å². The van der Waals surface area contributed by atoms with E-state index in [0.29, 0.717) is 6.04 Å². The van der Waals surface area contributed by atoms with Gasteiger partial charge in [0.05, 0.1) is 6.04 Å². The van der Waals surface area contributed by atoms with Crippen molar-refractivity contribution < 1.29 is 0 Å². The van der Waals surface area contributed by atoms with Gasteiger partial charge in [0.1, 0.15) is 0 Å². The molecule has 2 N–H and O–H groups in total. The number of para-hydroxylation sites is 1. The van der Waals surface area contributed by atoms with Crippen molar-refractivity contribution in [3.8, 4) is 0 Å². The largest absolute Gasteiger partial charge is 0.364 e. The quantitative estimate of drug-likeness (QED) is 0.820. The molecule has 1 heterocycles. The van der Waals surface area contributed by atoms with Crippen LogP contribution in [0.5, 0.6) is 0 Å². The zero-order chi connectivity index (χ0) is 12.4. The predicted molar refractivity (Wildman–Crippen MR) is 77.6 cm³/mol. The van der Waals surface area contributed by atoms with Crippen molar-refractivity contribution >= 4 is 11.3 Å². The average Bonchev–Trinajstić information content (AvgIpc) is 2.74. The van der Waals surface area contributed by atoms with E-state index in [0.717, 1.165) is 25.9 Å². The Balaban J connectivity index is 1.90. The fraction of sp³-hybridized carbons (Fsp3) is 0.375. The summed E-state index contributed by atoms with van der Waals surface area (Å²) >= 11 is 0. The summed E-state index contributed by atoms with van der Waals surface area (Å²) in [5, 5.41) is 0. The minimum absolute atomic E-state index is 0.546. The predicted octanol–water partition coefficient (Wildman–Crippen LogP) is 2.96. The van der Waals surface area contributed by atoms with Crippen molar-refractivity contribution in [2.24, 2.45) is 5.73 Å². The molecule has 1 aliphatic heterocycles. The topological polar surface area (TPSA) is 29.3 Å². The fourth-order valence-corrected chi connectivity index (χ4v) is 3.02. The van der Waals surface area contributed by atoms with Gasteiger partial charge in [0.25, 0.3) is 0 Å². The van der Waals surface area contributed by atoms with Gasteiger partial charge in [-0.3, -0.25) is 0 Å². The summed E-state index contributed by atoms with van der Waals surface area (Å²) in [7, 11) is 0. The highest BCUT2D eigenvalue weighted by Crippen LogP contribution is 2.42. The van der Waals surface area contributed by atoms with Crippen molar-refractivity contribution in [1.29, 1.82) is 0 Å². The SMILES string of the molecule is NCCCCN1c2ccccc2C2=CC=CCC21. The zero-order valence-corrected chi connectivity index (χ0v) is 10.7. The average molecular weight is 240 g/mol. The lowest BCUT2D eigenvalue weighted by molar-refractivity contribution is 0.659. The molecule has 2 nitrogen and oxygen atoms in total. The molecule has 18 heavy (non-hydrogen) atoms. The van der Waals surface area contributed by atoms with Crippen LogP contribution in [0.3, 0.4) is 0 Å². The third kappa shape index (κ3) is 1.87. The van der Waals surface area contributed by atoms with E-state index in [1.54, 1.807) is 0 Å². The van der Waals surface area contributed by atoms with Crippen LogP contribution in [0.25, 0.3) is 5.57 Å². The molecule has 1 atom stereocenters. The molecule has 1 unspecified atom stereocenters. The highest BCUT2D eigenvalue weighted by atomic mass is 15.2. The van der Waals surface area contributed by atoms with E-state index >= 15 is 0 Å². The van der Waals surface area contributed by atoms with Gasteiger partial charge in [-0.1, -0.05) is 36.4 Å². The normalized spacial score (nSPS) is 20.6. The molecule has 1 aromatic rings. The fourth-order valence-electron chi connectivity index (χ4n) is 3.02. The van der Waals surface area contributed by atoms with Crippen LogP contribution in [0.1, 0.15) is 24.8 Å². The van der Waals surface area contributed by atoms with Crippen LogP contribution >= 0.6 is 0 Å². The van der Waals surface area contributed by atoms with E-state index in [9.17, 15) is 0 Å². The molecule has 0 radical (unpaired) electrons. The van der Waals surface area contributed by atoms with Crippen molar-refractivity contribution in [3.63, 3.8) is 0 Å². The number of fused-ring (bicyclic) bond motifs is 3. The first-order valence-corrected chi connectivity index (χ1v) is 6.84. The van der Waals surface area contributed by atoms with E-state index in [2.05, 4.69) is 47.4 Å². The molecular weight excluding hydrogens is 220 g/mol. The number of hydrogen-bond donors (Lipinski definition) is 1. The highest BCUT2D eigenvalue weighted by Gasteiger charge is 2.32. The molecular formula is C16H20N2. The van der Waals surface area contributed by atoms with Crippen LogP contribution < -0.4 is 10.6 Å². The lowest BCUT2D eigenvalue weighted by Gasteiger charge is -2.28. The van der Waals surface area contributed by atoms with Crippen molar-refractivity contribution in [2.45, 2.75) is 25.3 Å². The molecule has 3 rings (SSSR count). The molecule has 1 aromatic carbocycles. The van der Waals surface area contributed by atoms with Crippen LogP contribution in [0.15, 0.2) is 42.5 Å². The van der Waals surface area contributed by atoms with Crippen LogP contribution in [0, 0.1) is 0 Å². The Hall–Kier alpha value is -1.54. The van der Waals surface area contributed by atoms with Gasteiger partial charge in [0, 0.05) is 17.8 Å². The Bertz CT molecular complexity index is 488. The molecule has 0 fully saturated rings. The Labute approximate surface area is 109 Å². The van der Waals surface area contributed by atoms with E-state index in [4.69, 9.17) is 5.73 Å². The monoisotopic (exact) mass is 240 g/mol. The number of hydrogen-bond acceptors (Lipinski definition) is 2. The molecule has 0 saturated carbocycles. The maximum absolute atomic E-state index is 5.60. The second-order valence-electron chi connectivity index (χ2n) is 5.01. The smallest absolute Gasteiger partial charge is 0.0583 e. The molecule has 1 aliphatic carbocycles. The maximum atomic E-state index is 5.60. The second-order valence-corrected chi connectivity index (χ2v) is 5.01. The van der Waals surface area contributed by atoms with Gasteiger partial charge in [-0.05, 0) is 37.4 Å². The summed E-state index contributed by atoms with van der Waals surface area (Å²) in [4.78, 5) is 2.56. The number of unbranched alkanes of at least 4 members (excludes halogenated alkanes) is 1. The third-order valence-electron chi connectivity index (χ3n) is 3.88. The number of nitrogens with zero attached hydrogens (tertiary/aromatic N) is 1. The van der Waals surface area contributed by atoms with E-state index in [-0.39, 0.29) is 0 Å². The van der Waals surface area contributed by atoms with Gasteiger partial charge >= 0.3 is 0 Å². The summed E-state index contributed by atoms with van der Waals surface area (Å²) in [6, 6.07) is 9.32. The van der Waals surface area contributed by atoms with Gasteiger partial charge in [-0.25, -0.2) is 0 Å². The molecule has 0 bridgehead atoms. The molecule has 0 amide bonds. The van der Waals surface area contributed by atoms with Gasteiger partial charge in [-0.2, -0.15) is 0 Å². The lowest BCUT2D eigenvalue weighted by atomic mass is 9.96.